The summed E-state index contributed by atoms with van der Waals surface area (Å²) in [4.78, 5) is 17.2. The molecular formula is C29H42ClN3O4S. The van der Waals surface area contributed by atoms with Gasteiger partial charge in [-0.25, -0.2) is 17.5 Å². The molecule has 7 nitrogen and oxygen atoms in total. The van der Waals surface area contributed by atoms with Gasteiger partial charge >= 0.3 is 6.09 Å². The number of likely N-dealkylation sites (N-methyl/N-ethyl adjacent to an activating group) is 1. The van der Waals surface area contributed by atoms with Crippen molar-refractivity contribution in [3.05, 3.63) is 66.2 Å². The lowest BCUT2D eigenvalue weighted by atomic mass is 9.84. The van der Waals surface area contributed by atoms with Gasteiger partial charge in [-0.15, -0.1) is 12.4 Å². The van der Waals surface area contributed by atoms with Crippen LogP contribution < -0.4 is 0 Å². The van der Waals surface area contributed by atoms with E-state index in [1.54, 1.807) is 31.3 Å². The molecular weight excluding hydrogens is 522 g/mol. The van der Waals surface area contributed by atoms with Crippen molar-refractivity contribution < 1.29 is 17.9 Å². The van der Waals surface area contributed by atoms with Crippen LogP contribution in [-0.2, 0) is 14.8 Å². The Morgan fingerprint density at radius 1 is 1.00 bits per heavy atom. The molecule has 1 aliphatic carbocycles. The molecule has 2 fully saturated rings. The standard InChI is InChI=1S/C29H41N3O4S.ClH/c1-30(37(34,35)28-14-7-4-8-15-28)23-26(25-12-5-3-6-13-25)16-19-31-20-17-27(18-21-31)32(29(33)36-2)22-24-10-9-11-24;/h3-8,12-15,24,26-27H,9-11,16-23H2,1-2H3;1H. The molecule has 1 atom stereocenters. The molecule has 0 bridgehead atoms. The third-order valence-electron chi connectivity index (χ3n) is 8.08. The number of rotatable bonds is 11. The van der Waals surface area contributed by atoms with E-state index in [0.29, 0.717) is 17.4 Å². The molecule has 1 saturated heterocycles. The van der Waals surface area contributed by atoms with Crippen LogP contribution in [0.15, 0.2) is 65.6 Å². The molecule has 1 unspecified atom stereocenters. The smallest absolute Gasteiger partial charge is 0.409 e. The van der Waals surface area contributed by atoms with Crippen molar-refractivity contribution in [1.29, 1.82) is 0 Å². The number of carbonyl (C=O) groups is 1. The Balaban J connectivity index is 0.00000400. The van der Waals surface area contributed by atoms with Gasteiger partial charge in [-0.2, -0.15) is 0 Å². The Morgan fingerprint density at radius 2 is 1.61 bits per heavy atom. The highest BCUT2D eigenvalue weighted by atomic mass is 35.5. The SMILES string of the molecule is COC(=O)N(CC1CCC1)C1CCN(CCC(CN(C)S(=O)(=O)c2ccccc2)c2ccccc2)CC1.Cl. The molecule has 2 aromatic carbocycles. The zero-order chi connectivity index (χ0) is 26.3. The summed E-state index contributed by atoms with van der Waals surface area (Å²) in [5.74, 6) is 0.709. The highest BCUT2D eigenvalue weighted by Gasteiger charge is 2.32. The third kappa shape index (κ3) is 7.72. The number of halogens is 1. The molecule has 1 amide bonds. The topological polar surface area (TPSA) is 70.2 Å². The zero-order valence-corrected chi connectivity index (χ0v) is 24.2. The van der Waals surface area contributed by atoms with E-state index in [1.807, 2.05) is 29.2 Å². The van der Waals surface area contributed by atoms with Crippen LogP contribution in [0.3, 0.4) is 0 Å². The number of amides is 1. The molecule has 0 aromatic heterocycles. The van der Waals surface area contributed by atoms with Gasteiger partial charge in [0.25, 0.3) is 0 Å². The maximum Gasteiger partial charge on any atom is 0.409 e. The number of nitrogens with zero attached hydrogens (tertiary/aromatic N) is 3. The van der Waals surface area contributed by atoms with Gasteiger partial charge in [0.1, 0.15) is 0 Å². The number of piperidine rings is 1. The summed E-state index contributed by atoms with van der Waals surface area (Å²) in [7, 11) is -0.400. The lowest BCUT2D eigenvalue weighted by Gasteiger charge is -2.41. The van der Waals surface area contributed by atoms with Gasteiger partial charge in [0, 0.05) is 39.3 Å². The van der Waals surface area contributed by atoms with Crippen LogP contribution >= 0.6 is 12.4 Å². The summed E-state index contributed by atoms with van der Waals surface area (Å²) >= 11 is 0. The number of hydrogen-bond acceptors (Lipinski definition) is 5. The van der Waals surface area contributed by atoms with Gasteiger partial charge in [-0.1, -0.05) is 55.0 Å². The van der Waals surface area contributed by atoms with Gasteiger partial charge in [-0.3, -0.25) is 0 Å². The molecule has 4 rings (SSSR count). The van der Waals surface area contributed by atoms with Crippen molar-refractivity contribution >= 4 is 28.5 Å². The van der Waals surface area contributed by atoms with Gasteiger partial charge < -0.3 is 14.5 Å². The minimum absolute atomic E-state index is 0. The van der Waals surface area contributed by atoms with Crippen molar-refractivity contribution in [1.82, 2.24) is 14.1 Å². The molecule has 0 radical (unpaired) electrons. The number of ether oxygens (including phenoxy) is 1. The van der Waals surface area contributed by atoms with Crippen LogP contribution in [-0.4, -0.2) is 81.5 Å². The predicted octanol–water partition coefficient (Wildman–Crippen LogP) is 5.24. The molecule has 2 aromatic rings. The maximum atomic E-state index is 13.2. The second kappa shape index (κ2) is 14.3. The van der Waals surface area contributed by atoms with E-state index >= 15 is 0 Å². The monoisotopic (exact) mass is 563 g/mol. The summed E-state index contributed by atoms with van der Waals surface area (Å²) in [6.07, 6.45) is 6.25. The largest absolute Gasteiger partial charge is 0.453 e. The van der Waals surface area contributed by atoms with Crippen LogP contribution in [0.1, 0.15) is 50.0 Å². The Morgan fingerprint density at radius 3 is 2.16 bits per heavy atom. The van der Waals surface area contributed by atoms with Crippen molar-refractivity contribution in [2.75, 3.05) is 46.9 Å². The summed E-state index contributed by atoms with van der Waals surface area (Å²) < 4.78 is 32.9. The average molecular weight is 564 g/mol. The second-order valence-corrected chi connectivity index (χ2v) is 12.5. The summed E-state index contributed by atoms with van der Waals surface area (Å²) in [6.45, 7) is 4.00. The minimum Gasteiger partial charge on any atom is -0.453 e. The summed E-state index contributed by atoms with van der Waals surface area (Å²) in [5, 5.41) is 0. The normalized spacial score (nSPS) is 17.9. The van der Waals surface area contributed by atoms with E-state index in [0.717, 1.165) is 51.0 Å². The van der Waals surface area contributed by atoms with E-state index in [1.165, 1.54) is 30.7 Å². The average Bonchev–Trinajstić information content (AvgIpc) is 2.91. The molecule has 210 valence electrons. The molecule has 1 heterocycles. The Kier molecular flexibility index (Phi) is 11.5. The minimum atomic E-state index is -3.55. The number of methoxy groups -OCH3 is 1. The van der Waals surface area contributed by atoms with E-state index in [4.69, 9.17) is 4.74 Å². The lowest BCUT2D eigenvalue weighted by molar-refractivity contribution is 0.0601. The first-order valence-electron chi connectivity index (χ1n) is 13.5. The van der Waals surface area contributed by atoms with Crippen molar-refractivity contribution in [2.45, 2.75) is 55.4 Å². The fraction of sp³-hybridized carbons (Fsp3) is 0.552. The fourth-order valence-corrected chi connectivity index (χ4v) is 6.74. The molecule has 2 aliphatic rings. The number of hydrogen-bond donors (Lipinski definition) is 0. The number of sulfonamides is 1. The Labute approximate surface area is 234 Å². The van der Waals surface area contributed by atoms with E-state index in [9.17, 15) is 13.2 Å². The maximum absolute atomic E-state index is 13.2. The van der Waals surface area contributed by atoms with Crippen LogP contribution in [0, 0.1) is 5.92 Å². The first-order chi connectivity index (χ1) is 17.9. The number of carbonyl (C=O) groups excluding carboxylic acids is 1. The van der Waals surface area contributed by atoms with Crippen LogP contribution in [0.2, 0.25) is 0 Å². The van der Waals surface area contributed by atoms with Gasteiger partial charge in [0.05, 0.1) is 12.0 Å². The van der Waals surface area contributed by atoms with Crippen LogP contribution in [0.4, 0.5) is 4.79 Å². The highest BCUT2D eigenvalue weighted by Crippen LogP contribution is 2.30. The third-order valence-corrected chi connectivity index (χ3v) is 9.92. The van der Waals surface area contributed by atoms with Crippen LogP contribution in [0.25, 0.3) is 0 Å². The highest BCUT2D eigenvalue weighted by molar-refractivity contribution is 7.89. The van der Waals surface area contributed by atoms with Gasteiger partial charge in [0.15, 0.2) is 0 Å². The van der Waals surface area contributed by atoms with Crippen molar-refractivity contribution in [3.63, 3.8) is 0 Å². The quantitative estimate of drug-likeness (QED) is 0.374. The first kappa shape index (κ1) is 30.4. The van der Waals surface area contributed by atoms with Crippen molar-refractivity contribution in [3.8, 4) is 0 Å². The zero-order valence-electron chi connectivity index (χ0n) is 22.6. The molecule has 0 spiro atoms. The van der Waals surface area contributed by atoms with E-state index < -0.39 is 10.0 Å². The number of likely N-dealkylation sites (tertiary alicyclic amines) is 1. The molecule has 0 N–H and O–H groups in total. The second-order valence-electron chi connectivity index (χ2n) is 10.5. The summed E-state index contributed by atoms with van der Waals surface area (Å²) in [6, 6.07) is 19.1. The van der Waals surface area contributed by atoms with E-state index in [-0.39, 0.29) is 30.5 Å². The number of benzene rings is 2. The van der Waals surface area contributed by atoms with Gasteiger partial charge in [0.2, 0.25) is 10.0 Å². The van der Waals surface area contributed by atoms with Crippen molar-refractivity contribution in [2.24, 2.45) is 5.92 Å². The first-order valence-corrected chi connectivity index (χ1v) is 15.0. The lowest BCUT2D eigenvalue weighted by Crippen LogP contribution is -2.49. The molecule has 38 heavy (non-hydrogen) atoms. The van der Waals surface area contributed by atoms with Crippen LogP contribution in [0.5, 0.6) is 0 Å². The summed E-state index contributed by atoms with van der Waals surface area (Å²) in [5.41, 5.74) is 1.16. The van der Waals surface area contributed by atoms with Gasteiger partial charge in [-0.05, 0) is 68.2 Å². The molecule has 1 aliphatic heterocycles. The Bertz CT molecular complexity index is 1090. The fourth-order valence-electron chi connectivity index (χ4n) is 5.51. The Hall–Kier alpha value is -2.13. The molecule has 1 saturated carbocycles. The predicted molar refractivity (Wildman–Crippen MR) is 153 cm³/mol. The molecule has 9 heteroatoms. The van der Waals surface area contributed by atoms with E-state index in [2.05, 4.69) is 17.0 Å².